The molecule has 0 amide bonds. The maximum atomic E-state index is 12.6. The fraction of sp³-hybridized carbons (Fsp3) is 0.897. The van der Waals surface area contributed by atoms with Crippen molar-refractivity contribution >= 4 is 19.8 Å². The van der Waals surface area contributed by atoms with Gasteiger partial charge in [-0.2, -0.15) is 0 Å². The lowest BCUT2D eigenvalue weighted by molar-refractivity contribution is -0.154. The Morgan fingerprint density at radius 3 is 1.56 bits per heavy atom. The third kappa shape index (κ3) is 35.1. The van der Waals surface area contributed by atoms with Crippen molar-refractivity contribution in [1.82, 2.24) is 0 Å². The molecular weight excluding hydrogens is 657 g/mol. The van der Waals surface area contributed by atoms with E-state index in [9.17, 15) is 19.0 Å². The number of esters is 1. The molecule has 0 rings (SSSR count). The Morgan fingerprint density at radius 1 is 0.620 bits per heavy atom. The highest BCUT2D eigenvalue weighted by molar-refractivity contribution is 7.47. The molecule has 3 atom stereocenters. The fourth-order valence-electron chi connectivity index (χ4n) is 5.60. The minimum Gasteiger partial charge on any atom is -0.480 e. The number of nitrogens with two attached hydrogens (primary N) is 1. The summed E-state index contributed by atoms with van der Waals surface area (Å²) in [5.74, 6) is -1.77. The molecule has 50 heavy (non-hydrogen) atoms. The summed E-state index contributed by atoms with van der Waals surface area (Å²) in [6.07, 6.45) is 35.4. The molecule has 3 unspecified atom stereocenters. The van der Waals surface area contributed by atoms with Gasteiger partial charge in [0.15, 0.2) is 0 Å². The Morgan fingerprint density at radius 2 is 1.04 bits per heavy atom. The third-order valence-electron chi connectivity index (χ3n) is 8.79. The Bertz CT molecular complexity index is 857. The van der Waals surface area contributed by atoms with Crippen LogP contribution in [0.15, 0.2) is 12.2 Å². The molecule has 11 heteroatoms. The smallest absolute Gasteiger partial charge is 0.472 e. The van der Waals surface area contributed by atoms with Crippen molar-refractivity contribution in [3.05, 3.63) is 12.2 Å². The van der Waals surface area contributed by atoms with Gasteiger partial charge < -0.3 is 25.2 Å². The van der Waals surface area contributed by atoms with Crippen LogP contribution in [0.25, 0.3) is 0 Å². The number of carboxylic acid groups (broad SMARTS) is 1. The SMILES string of the molecule is CCCCC/C=C\CCCCCCCCOCC(COP(=O)(O)OCC(N)C(=O)O)OC(=O)CCCCCCCCCCCCCCCCC. The van der Waals surface area contributed by atoms with Crippen molar-refractivity contribution in [2.24, 2.45) is 5.73 Å². The monoisotopic (exact) mass is 734 g/mol. The Hall–Kier alpha value is -1.29. The molecule has 0 aliphatic carbocycles. The van der Waals surface area contributed by atoms with Crippen molar-refractivity contribution in [1.29, 1.82) is 0 Å². The Balaban J connectivity index is 4.26. The minimum absolute atomic E-state index is 0.0177. The third-order valence-corrected chi connectivity index (χ3v) is 9.75. The van der Waals surface area contributed by atoms with E-state index in [-0.39, 0.29) is 13.0 Å². The summed E-state index contributed by atoms with van der Waals surface area (Å²) >= 11 is 0. The van der Waals surface area contributed by atoms with E-state index in [1.807, 2.05) is 0 Å². The number of hydrogen-bond donors (Lipinski definition) is 3. The molecule has 0 heterocycles. The first-order chi connectivity index (χ1) is 24.2. The number of phosphoric acid groups is 1. The van der Waals surface area contributed by atoms with Crippen molar-refractivity contribution in [3.63, 3.8) is 0 Å². The number of allylic oxidation sites excluding steroid dienone is 2. The molecule has 0 bridgehead atoms. The predicted molar refractivity (Wildman–Crippen MR) is 203 cm³/mol. The molecular formula is C39H76NO9P. The average molecular weight is 734 g/mol. The van der Waals surface area contributed by atoms with Crippen LogP contribution in [-0.2, 0) is 32.7 Å². The first-order valence-electron chi connectivity index (χ1n) is 20.2. The number of aliphatic carboxylic acids is 1. The quantitative estimate of drug-likeness (QED) is 0.0240. The summed E-state index contributed by atoms with van der Waals surface area (Å²) in [4.78, 5) is 33.4. The van der Waals surface area contributed by atoms with Crippen molar-refractivity contribution in [2.75, 3.05) is 26.4 Å². The normalized spacial score (nSPS) is 14.2. The highest BCUT2D eigenvalue weighted by Crippen LogP contribution is 2.43. The fourth-order valence-corrected chi connectivity index (χ4v) is 6.38. The van der Waals surface area contributed by atoms with Gasteiger partial charge in [0.1, 0.15) is 12.1 Å². The number of rotatable bonds is 39. The van der Waals surface area contributed by atoms with Gasteiger partial charge in [-0.15, -0.1) is 0 Å². The number of ether oxygens (including phenoxy) is 2. The molecule has 0 aromatic carbocycles. The van der Waals surface area contributed by atoms with Gasteiger partial charge >= 0.3 is 19.8 Å². The maximum absolute atomic E-state index is 12.6. The molecule has 0 radical (unpaired) electrons. The largest absolute Gasteiger partial charge is 0.480 e. The lowest BCUT2D eigenvalue weighted by Crippen LogP contribution is -2.34. The van der Waals surface area contributed by atoms with Gasteiger partial charge in [-0.25, -0.2) is 4.57 Å². The van der Waals surface area contributed by atoms with E-state index in [0.717, 1.165) is 44.9 Å². The molecule has 10 nitrogen and oxygen atoms in total. The zero-order chi connectivity index (χ0) is 37.0. The molecule has 4 N–H and O–H groups in total. The van der Waals surface area contributed by atoms with Crippen LogP contribution in [0, 0.1) is 0 Å². The van der Waals surface area contributed by atoms with Gasteiger partial charge in [0.25, 0.3) is 0 Å². The standard InChI is InChI=1S/C39H76NO9P/c1-3-5-7-9-11-13-15-17-18-19-21-23-25-27-29-31-38(41)49-36(34-47-50(44,45)48-35-37(40)39(42)43)33-46-32-30-28-26-24-22-20-16-14-12-10-8-6-4-2/h12,14,36-37H,3-11,13,15-35,40H2,1-2H3,(H,42,43)(H,44,45)/b14-12-. The average Bonchev–Trinajstić information content (AvgIpc) is 3.09. The number of phosphoric ester groups is 1. The van der Waals surface area contributed by atoms with E-state index >= 15 is 0 Å². The lowest BCUT2D eigenvalue weighted by Gasteiger charge is -2.20. The van der Waals surface area contributed by atoms with Crippen molar-refractivity contribution < 1.29 is 42.7 Å². The molecule has 0 spiro atoms. The highest BCUT2D eigenvalue weighted by Gasteiger charge is 2.27. The Kier molecular flexibility index (Phi) is 35.2. The van der Waals surface area contributed by atoms with Crippen LogP contribution in [0.2, 0.25) is 0 Å². The topological polar surface area (TPSA) is 155 Å². The van der Waals surface area contributed by atoms with Gasteiger partial charge in [-0.05, 0) is 38.5 Å². The number of unbranched alkanes of at least 4 members (excludes halogenated alkanes) is 23. The second kappa shape index (κ2) is 36.1. The van der Waals surface area contributed by atoms with E-state index in [1.54, 1.807) is 0 Å². The van der Waals surface area contributed by atoms with Crippen LogP contribution < -0.4 is 5.73 Å². The molecule has 0 aromatic rings. The van der Waals surface area contributed by atoms with Crippen LogP contribution >= 0.6 is 7.82 Å². The highest BCUT2D eigenvalue weighted by atomic mass is 31.2. The van der Waals surface area contributed by atoms with E-state index in [0.29, 0.717) is 6.61 Å². The van der Waals surface area contributed by atoms with Crippen LogP contribution in [0.3, 0.4) is 0 Å². The first-order valence-corrected chi connectivity index (χ1v) is 21.7. The first kappa shape index (κ1) is 48.7. The zero-order valence-corrected chi connectivity index (χ0v) is 32.9. The Labute approximate surface area is 305 Å². The number of carbonyl (C=O) groups is 2. The summed E-state index contributed by atoms with van der Waals surface area (Å²) < 4.78 is 33.2. The number of hydrogen-bond acceptors (Lipinski definition) is 8. The summed E-state index contributed by atoms with van der Waals surface area (Å²) in [7, 11) is -4.61. The molecule has 0 aliphatic rings. The molecule has 0 aliphatic heterocycles. The van der Waals surface area contributed by atoms with E-state index in [1.165, 1.54) is 122 Å². The zero-order valence-electron chi connectivity index (χ0n) is 32.0. The van der Waals surface area contributed by atoms with E-state index in [2.05, 4.69) is 26.0 Å². The summed E-state index contributed by atoms with van der Waals surface area (Å²) in [5, 5.41) is 8.87. The second-order valence-corrected chi connectivity index (χ2v) is 15.2. The second-order valence-electron chi connectivity index (χ2n) is 13.8. The maximum Gasteiger partial charge on any atom is 0.472 e. The molecule has 0 saturated carbocycles. The van der Waals surface area contributed by atoms with Crippen molar-refractivity contribution in [3.8, 4) is 0 Å². The molecule has 0 fully saturated rings. The summed E-state index contributed by atoms with van der Waals surface area (Å²) in [5.41, 5.74) is 5.34. The summed E-state index contributed by atoms with van der Waals surface area (Å²) in [6.45, 7) is 3.86. The van der Waals surface area contributed by atoms with Gasteiger partial charge in [0.05, 0.1) is 19.8 Å². The van der Waals surface area contributed by atoms with Gasteiger partial charge in [-0.3, -0.25) is 18.6 Å². The predicted octanol–water partition coefficient (Wildman–Crippen LogP) is 10.6. The van der Waals surface area contributed by atoms with E-state index in [4.69, 9.17) is 29.4 Å². The van der Waals surface area contributed by atoms with Gasteiger partial charge in [0, 0.05) is 13.0 Å². The van der Waals surface area contributed by atoms with Gasteiger partial charge in [0.2, 0.25) is 0 Å². The minimum atomic E-state index is -4.61. The van der Waals surface area contributed by atoms with Crippen LogP contribution in [0.1, 0.15) is 187 Å². The van der Waals surface area contributed by atoms with Crippen LogP contribution in [0.5, 0.6) is 0 Å². The van der Waals surface area contributed by atoms with Crippen molar-refractivity contribution in [2.45, 2.75) is 199 Å². The summed E-state index contributed by atoms with van der Waals surface area (Å²) in [6, 6.07) is -1.47. The van der Waals surface area contributed by atoms with Gasteiger partial charge in [-0.1, -0.05) is 154 Å². The molecule has 0 saturated heterocycles. The van der Waals surface area contributed by atoms with Crippen LogP contribution in [-0.4, -0.2) is 60.5 Å². The molecule has 0 aromatic heterocycles. The molecule has 296 valence electrons. The lowest BCUT2D eigenvalue weighted by atomic mass is 10.0. The number of carboxylic acids is 1. The number of carbonyl (C=O) groups excluding carboxylic acids is 1. The van der Waals surface area contributed by atoms with Crippen LogP contribution in [0.4, 0.5) is 0 Å². The van der Waals surface area contributed by atoms with E-state index < -0.39 is 45.1 Å².